The highest BCUT2D eigenvalue weighted by molar-refractivity contribution is 5.62. The van der Waals surface area contributed by atoms with Gasteiger partial charge >= 0.3 is 0 Å². The van der Waals surface area contributed by atoms with E-state index in [0.29, 0.717) is 0 Å². The summed E-state index contributed by atoms with van der Waals surface area (Å²) in [5.41, 5.74) is 2.51. The Morgan fingerprint density at radius 2 is 2.00 bits per heavy atom. The van der Waals surface area contributed by atoms with Crippen molar-refractivity contribution in [2.45, 2.75) is 31.6 Å². The lowest BCUT2D eigenvalue weighted by atomic mass is 9.69. The van der Waals surface area contributed by atoms with E-state index in [9.17, 15) is 9.50 Å². The number of nitrogens with zero attached hydrogens (tertiary/aromatic N) is 1. The molecule has 0 saturated heterocycles. The van der Waals surface area contributed by atoms with Gasteiger partial charge in [-0.25, -0.2) is 9.37 Å². The number of rotatable bonds is 3. The number of aliphatic hydroxyl groups excluding tert-OH is 1. The lowest BCUT2D eigenvalue weighted by Crippen LogP contribution is -2.39. The van der Waals surface area contributed by atoms with Crippen LogP contribution >= 0.6 is 0 Å². The number of aromatic nitrogens is 2. The van der Waals surface area contributed by atoms with Gasteiger partial charge in [0.15, 0.2) is 0 Å². The zero-order chi connectivity index (χ0) is 13.5. The summed E-state index contributed by atoms with van der Waals surface area (Å²) in [4.78, 5) is 7.92. The molecule has 1 aromatic heterocycles. The second-order valence-electron chi connectivity index (χ2n) is 5.36. The van der Waals surface area contributed by atoms with E-state index in [1.54, 1.807) is 12.1 Å². The van der Waals surface area contributed by atoms with Crippen molar-refractivity contribution < 1.29 is 9.50 Å². The molecule has 2 aromatic rings. The average Bonchev–Trinajstić information content (AvgIpc) is 2.72. The Morgan fingerprint density at radius 1 is 1.32 bits per heavy atom. The predicted octanol–water partition coefficient (Wildman–Crippen LogP) is 2.94. The number of halogens is 1. The van der Waals surface area contributed by atoms with E-state index < -0.39 is 0 Å². The highest BCUT2D eigenvalue weighted by Gasteiger charge is 2.41. The Bertz CT molecular complexity index is 579. The third kappa shape index (κ3) is 1.96. The molecule has 0 aliphatic heterocycles. The lowest BCUT2D eigenvalue weighted by Gasteiger charge is -2.38. The van der Waals surface area contributed by atoms with Crippen LogP contribution in [0.25, 0.3) is 11.3 Å². The van der Waals surface area contributed by atoms with Gasteiger partial charge < -0.3 is 10.1 Å². The number of nitrogens with one attached hydrogen (secondary N) is 1. The summed E-state index contributed by atoms with van der Waals surface area (Å²) in [5.74, 6) is 0.612. The molecule has 1 aliphatic rings. The van der Waals surface area contributed by atoms with Gasteiger partial charge in [0.1, 0.15) is 11.6 Å². The molecule has 0 unspecified atom stereocenters. The number of imidazole rings is 1. The zero-order valence-electron chi connectivity index (χ0n) is 10.9. The molecular formula is C15H17FN2O. The van der Waals surface area contributed by atoms with Gasteiger partial charge in [0.25, 0.3) is 0 Å². The quantitative estimate of drug-likeness (QED) is 0.891. The minimum atomic E-state index is -0.247. The van der Waals surface area contributed by atoms with E-state index in [1.165, 1.54) is 12.1 Å². The van der Waals surface area contributed by atoms with Gasteiger partial charge in [0.2, 0.25) is 0 Å². The first-order chi connectivity index (χ1) is 9.14. The molecule has 0 spiro atoms. The molecule has 1 fully saturated rings. The number of benzene rings is 1. The predicted molar refractivity (Wildman–Crippen MR) is 71.3 cm³/mol. The zero-order valence-corrected chi connectivity index (χ0v) is 10.9. The summed E-state index contributed by atoms with van der Waals surface area (Å²) in [6.45, 7) is 2.09. The van der Waals surface area contributed by atoms with E-state index in [2.05, 4.69) is 9.97 Å². The summed E-state index contributed by atoms with van der Waals surface area (Å²) in [6, 6.07) is 6.34. The standard InChI is InChI=1S/C15H17FN2O/c1-10-13(11-3-5-12(16)6-4-11)18-14(17-10)15(9-19)7-2-8-15/h3-6,19H,2,7-9H2,1H3,(H,17,18). The number of H-pyrrole nitrogens is 1. The van der Waals surface area contributed by atoms with Crippen LogP contribution in [0.2, 0.25) is 0 Å². The topological polar surface area (TPSA) is 48.9 Å². The van der Waals surface area contributed by atoms with Crippen molar-refractivity contribution in [1.29, 1.82) is 0 Å². The highest BCUT2D eigenvalue weighted by atomic mass is 19.1. The van der Waals surface area contributed by atoms with E-state index >= 15 is 0 Å². The summed E-state index contributed by atoms with van der Waals surface area (Å²) < 4.78 is 13.0. The Balaban J connectivity index is 2.00. The molecule has 1 heterocycles. The fourth-order valence-electron chi connectivity index (χ4n) is 2.67. The van der Waals surface area contributed by atoms with Crippen LogP contribution < -0.4 is 0 Å². The SMILES string of the molecule is Cc1[nH]c(C2(CO)CCC2)nc1-c1ccc(F)cc1. The summed E-state index contributed by atoms with van der Waals surface area (Å²) in [7, 11) is 0. The molecule has 0 radical (unpaired) electrons. The van der Waals surface area contributed by atoms with Crippen LogP contribution in [-0.4, -0.2) is 21.7 Å². The van der Waals surface area contributed by atoms with Gasteiger partial charge in [-0.2, -0.15) is 0 Å². The molecule has 1 saturated carbocycles. The van der Waals surface area contributed by atoms with E-state index in [-0.39, 0.29) is 17.8 Å². The number of aryl methyl sites for hydroxylation is 1. The number of aromatic amines is 1. The Kier molecular flexibility index (Phi) is 2.90. The Hall–Kier alpha value is -1.68. The van der Waals surface area contributed by atoms with Gasteiger partial charge in [-0.15, -0.1) is 0 Å². The molecule has 19 heavy (non-hydrogen) atoms. The highest BCUT2D eigenvalue weighted by Crippen LogP contribution is 2.42. The van der Waals surface area contributed by atoms with Crippen LogP contribution in [0.1, 0.15) is 30.8 Å². The van der Waals surface area contributed by atoms with Gasteiger partial charge in [0, 0.05) is 11.3 Å². The molecule has 3 nitrogen and oxygen atoms in total. The molecule has 1 aliphatic carbocycles. The third-order valence-electron chi connectivity index (χ3n) is 4.12. The fraction of sp³-hybridized carbons (Fsp3) is 0.400. The van der Waals surface area contributed by atoms with Crippen LogP contribution in [0, 0.1) is 12.7 Å². The normalized spacial score (nSPS) is 17.2. The van der Waals surface area contributed by atoms with Crippen LogP contribution in [0.5, 0.6) is 0 Å². The van der Waals surface area contributed by atoms with E-state index in [4.69, 9.17) is 0 Å². The van der Waals surface area contributed by atoms with Crippen LogP contribution in [-0.2, 0) is 5.41 Å². The molecule has 2 N–H and O–H groups in total. The maximum atomic E-state index is 13.0. The molecule has 1 aromatic carbocycles. The molecule has 0 amide bonds. The third-order valence-corrected chi connectivity index (χ3v) is 4.12. The largest absolute Gasteiger partial charge is 0.395 e. The average molecular weight is 260 g/mol. The van der Waals surface area contributed by atoms with Gasteiger partial charge in [-0.3, -0.25) is 0 Å². The van der Waals surface area contributed by atoms with Crippen molar-refractivity contribution in [2.75, 3.05) is 6.61 Å². The number of aliphatic hydroxyl groups is 1. The van der Waals surface area contributed by atoms with Crippen molar-refractivity contribution in [3.63, 3.8) is 0 Å². The molecule has 0 bridgehead atoms. The first-order valence-corrected chi connectivity index (χ1v) is 6.58. The molecule has 100 valence electrons. The van der Waals surface area contributed by atoms with E-state index in [0.717, 1.165) is 42.0 Å². The number of hydrogen-bond acceptors (Lipinski definition) is 2. The first-order valence-electron chi connectivity index (χ1n) is 6.58. The van der Waals surface area contributed by atoms with Gasteiger partial charge in [0.05, 0.1) is 17.7 Å². The Labute approximate surface area is 111 Å². The molecule has 3 rings (SSSR count). The molecule has 0 atom stereocenters. The lowest BCUT2D eigenvalue weighted by molar-refractivity contribution is 0.113. The molecule has 4 heteroatoms. The first kappa shape index (κ1) is 12.4. The molecular weight excluding hydrogens is 243 g/mol. The summed E-state index contributed by atoms with van der Waals surface area (Å²) in [5, 5.41) is 9.59. The summed E-state index contributed by atoms with van der Waals surface area (Å²) >= 11 is 0. The second-order valence-corrected chi connectivity index (χ2v) is 5.36. The van der Waals surface area contributed by atoms with Crippen LogP contribution in [0.15, 0.2) is 24.3 Å². The van der Waals surface area contributed by atoms with Gasteiger partial charge in [-0.05, 0) is 44.0 Å². The van der Waals surface area contributed by atoms with Crippen LogP contribution in [0.4, 0.5) is 4.39 Å². The van der Waals surface area contributed by atoms with Crippen molar-refractivity contribution >= 4 is 0 Å². The minimum Gasteiger partial charge on any atom is -0.395 e. The fourth-order valence-corrected chi connectivity index (χ4v) is 2.67. The smallest absolute Gasteiger partial charge is 0.123 e. The Morgan fingerprint density at radius 3 is 2.53 bits per heavy atom. The summed E-state index contributed by atoms with van der Waals surface area (Å²) in [6.07, 6.45) is 3.07. The van der Waals surface area contributed by atoms with Crippen molar-refractivity contribution in [3.05, 3.63) is 41.6 Å². The van der Waals surface area contributed by atoms with Crippen LogP contribution in [0.3, 0.4) is 0 Å². The van der Waals surface area contributed by atoms with Crippen molar-refractivity contribution in [2.24, 2.45) is 0 Å². The monoisotopic (exact) mass is 260 g/mol. The second kappa shape index (κ2) is 4.46. The van der Waals surface area contributed by atoms with Gasteiger partial charge in [-0.1, -0.05) is 6.42 Å². The maximum Gasteiger partial charge on any atom is 0.123 e. The van der Waals surface area contributed by atoms with E-state index in [1.807, 2.05) is 6.92 Å². The van der Waals surface area contributed by atoms with Crippen molar-refractivity contribution in [1.82, 2.24) is 9.97 Å². The van der Waals surface area contributed by atoms with Crippen molar-refractivity contribution in [3.8, 4) is 11.3 Å². The minimum absolute atomic E-state index is 0.128. The maximum absolute atomic E-state index is 13.0. The number of hydrogen-bond donors (Lipinski definition) is 2.